The zero-order chi connectivity index (χ0) is 23.0. The molecule has 0 radical (unpaired) electrons. The van der Waals surface area contributed by atoms with Gasteiger partial charge in [0.2, 0.25) is 5.91 Å². The SMILES string of the molecule is NC(CC(=O)N1CC2CC1CN2C(=O)Nc1ccc(F)cc1)Cc1cc(F)c(F)cc1F. The Morgan fingerprint density at radius 3 is 2.25 bits per heavy atom. The van der Waals surface area contributed by atoms with Crippen LogP contribution in [-0.4, -0.2) is 53.0 Å². The van der Waals surface area contributed by atoms with Crippen LogP contribution in [0.25, 0.3) is 0 Å². The second-order valence-corrected chi connectivity index (χ2v) is 8.20. The Morgan fingerprint density at radius 2 is 1.59 bits per heavy atom. The van der Waals surface area contributed by atoms with Crippen molar-refractivity contribution in [2.75, 3.05) is 18.4 Å². The van der Waals surface area contributed by atoms with Gasteiger partial charge in [-0.2, -0.15) is 0 Å². The van der Waals surface area contributed by atoms with Gasteiger partial charge in [0.25, 0.3) is 0 Å². The third-order valence-corrected chi connectivity index (χ3v) is 5.93. The number of hydrogen-bond donors (Lipinski definition) is 2. The molecule has 10 heteroatoms. The number of fused-ring (bicyclic) bond motifs is 2. The molecule has 4 rings (SSSR count). The second kappa shape index (κ2) is 8.78. The number of carbonyl (C=O) groups excluding carboxylic acids is 2. The van der Waals surface area contributed by atoms with Crippen LogP contribution in [0.4, 0.5) is 28.0 Å². The van der Waals surface area contributed by atoms with Gasteiger partial charge in [0.15, 0.2) is 11.6 Å². The number of rotatable bonds is 5. The maximum Gasteiger partial charge on any atom is 0.322 e. The Hall–Kier alpha value is -3.14. The molecule has 2 fully saturated rings. The highest BCUT2D eigenvalue weighted by atomic mass is 19.2. The molecule has 2 aliphatic heterocycles. The summed E-state index contributed by atoms with van der Waals surface area (Å²) in [6.45, 7) is 0.711. The van der Waals surface area contributed by atoms with E-state index in [0.717, 1.165) is 6.07 Å². The van der Waals surface area contributed by atoms with E-state index in [0.29, 0.717) is 31.3 Å². The van der Waals surface area contributed by atoms with Crippen LogP contribution in [0.2, 0.25) is 0 Å². The topological polar surface area (TPSA) is 78.7 Å². The summed E-state index contributed by atoms with van der Waals surface area (Å²) in [7, 11) is 0. The van der Waals surface area contributed by atoms with Crippen molar-refractivity contribution in [1.29, 1.82) is 0 Å². The third-order valence-electron chi connectivity index (χ3n) is 5.93. The summed E-state index contributed by atoms with van der Waals surface area (Å²) in [5.41, 5.74) is 6.36. The van der Waals surface area contributed by atoms with Crippen LogP contribution >= 0.6 is 0 Å². The number of amides is 3. The molecule has 6 nitrogen and oxygen atoms in total. The highest BCUT2D eigenvalue weighted by molar-refractivity contribution is 5.90. The first-order chi connectivity index (χ1) is 15.2. The smallest absolute Gasteiger partial charge is 0.322 e. The standard InChI is InChI=1S/C22H22F4N4O2/c23-13-1-3-15(4-2-13)28-22(32)30-11-16-8-17(30)10-29(16)21(31)7-14(27)5-12-6-19(25)20(26)9-18(12)24/h1-4,6,9,14,16-17H,5,7-8,10-11,27H2,(H,28,32). The van der Waals surface area contributed by atoms with E-state index in [-0.39, 0.29) is 42.4 Å². The number of hydrogen-bond acceptors (Lipinski definition) is 3. The van der Waals surface area contributed by atoms with Gasteiger partial charge in [-0.15, -0.1) is 0 Å². The van der Waals surface area contributed by atoms with Crippen molar-refractivity contribution in [1.82, 2.24) is 9.80 Å². The summed E-state index contributed by atoms with van der Waals surface area (Å²) in [6.07, 6.45) is 0.446. The van der Waals surface area contributed by atoms with Gasteiger partial charge < -0.3 is 20.9 Å². The predicted molar refractivity (Wildman–Crippen MR) is 109 cm³/mol. The zero-order valence-electron chi connectivity index (χ0n) is 17.0. The van der Waals surface area contributed by atoms with Crippen LogP contribution in [-0.2, 0) is 11.2 Å². The molecule has 0 spiro atoms. The van der Waals surface area contributed by atoms with E-state index >= 15 is 0 Å². The molecule has 3 amide bonds. The molecule has 2 heterocycles. The van der Waals surface area contributed by atoms with Gasteiger partial charge in [-0.25, -0.2) is 22.4 Å². The van der Waals surface area contributed by atoms with Crippen LogP contribution in [0, 0.1) is 23.3 Å². The fraction of sp³-hybridized carbons (Fsp3) is 0.364. The van der Waals surface area contributed by atoms with Gasteiger partial charge in [-0.1, -0.05) is 0 Å². The number of nitrogens with one attached hydrogen (secondary N) is 1. The molecule has 2 aliphatic rings. The molecular formula is C22H22F4N4O2. The van der Waals surface area contributed by atoms with Crippen LogP contribution in [0.3, 0.4) is 0 Å². The van der Waals surface area contributed by atoms with Gasteiger partial charge in [0.1, 0.15) is 11.6 Å². The third kappa shape index (κ3) is 4.55. The van der Waals surface area contributed by atoms with Crippen molar-refractivity contribution in [3.63, 3.8) is 0 Å². The highest BCUT2D eigenvalue weighted by Gasteiger charge is 2.47. The van der Waals surface area contributed by atoms with E-state index in [1.807, 2.05) is 0 Å². The fourth-order valence-electron chi connectivity index (χ4n) is 4.37. The Morgan fingerprint density at radius 1 is 0.969 bits per heavy atom. The lowest BCUT2D eigenvalue weighted by atomic mass is 10.0. The first kappa shape index (κ1) is 22.1. The van der Waals surface area contributed by atoms with E-state index < -0.39 is 29.3 Å². The predicted octanol–water partition coefficient (Wildman–Crippen LogP) is 3.02. The lowest BCUT2D eigenvalue weighted by molar-refractivity contribution is -0.133. The summed E-state index contributed by atoms with van der Waals surface area (Å²) in [4.78, 5) is 28.5. The normalized spacial score (nSPS) is 20.5. The van der Waals surface area contributed by atoms with E-state index in [9.17, 15) is 27.2 Å². The van der Waals surface area contributed by atoms with E-state index in [2.05, 4.69) is 5.32 Å². The molecule has 0 aromatic heterocycles. The molecule has 3 N–H and O–H groups in total. The number of carbonyl (C=O) groups is 2. The number of halogens is 4. The number of anilines is 1. The molecule has 3 unspecified atom stereocenters. The quantitative estimate of drug-likeness (QED) is 0.543. The minimum atomic E-state index is -1.28. The number of benzene rings is 2. The number of urea groups is 1. The van der Waals surface area contributed by atoms with Crippen LogP contribution in [0.1, 0.15) is 18.4 Å². The van der Waals surface area contributed by atoms with Gasteiger partial charge in [0.05, 0.1) is 12.1 Å². The van der Waals surface area contributed by atoms with Gasteiger partial charge >= 0.3 is 6.03 Å². The number of likely N-dealkylation sites (tertiary alicyclic amines) is 2. The van der Waals surface area contributed by atoms with Crippen molar-refractivity contribution in [3.05, 3.63) is 65.2 Å². The molecule has 0 aliphatic carbocycles. The van der Waals surface area contributed by atoms with E-state index in [1.165, 1.54) is 24.3 Å². The molecule has 2 saturated heterocycles. The second-order valence-electron chi connectivity index (χ2n) is 8.20. The van der Waals surface area contributed by atoms with E-state index in [1.54, 1.807) is 9.80 Å². The maximum atomic E-state index is 13.8. The summed E-state index contributed by atoms with van der Waals surface area (Å²) < 4.78 is 53.3. The summed E-state index contributed by atoms with van der Waals surface area (Å²) in [5, 5.41) is 2.72. The molecular weight excluding hydrogens is 428 g/mol. The van der Waals surface area contributed by atoms with Crippen molar-refractivity contribution < 1.29 is 27.2 Å². The monoisotopic (exact) mass is 450 g/mol. The van der Waals surface area contributed by atoms with Crippen molar-refractivity contribution in [3.8, 4) is 0 Å². The van der Waals surface area contributed by atoms with Crippen LogP contribution in [0.5, 0.6) is 0 Å². The number of piperazine rings is 1. The van der Waals surface area contributed by atoms with Crippen LogP contribution in [0.15, 0.2) is 36.4 Å². The molecule has 2 aromatic carbocycles. The van der Waals surface area contributed by atoms with Gasteiger partial charge in [0, 0.05) is 37.3 Å². The highest BCUT2D eigenvalue weighted by Crippen LogP contribution is 2.32. The average molecular weight is 450 g/mol. The molecule has 32 heavy (non-hydrogen) atoms. The Kier molecular flexibility index (Phi) is 6.05. The van der Waals surface area contributed by atoms with Crippen molar-refractivity contribution in [2.24, 2.45) is 5.73 Å². The Bertz CT molecular complexity index is 1030. The summed E-state index contributed by atoms with van der Waals surface area (Å²) in [6, 6.07) is 5.27. The minimum Gasteiger partial charge on any atom is -0.336 e. The summed E-state index contributed by atoms with van der Waals surface area (Å²) in [5.74, 6) is -3.99. The van der Waals surface area contributed by atoms with Crippen LogP contribution < -0.4 is 11.1 Å². The zero-order valence-corrected chi connectivity index (χ0v) is 17.0. The van der Waals surface area contributed by atoms with Crippen molar-refractivity contribution >= 4 is 17.6 Å². The van der Waals surface area contributed by atoms with Gasteiger partial charge in [-0.3, -0.25) is 4.79 Å². The first-order valence-electron chi connectivity index (χ1n) is 10.2. The summed E-state index contributed by atoms with van der Waals surface area (Å²) >= 11 is 0. The Labute approximate surface area is 182 Å². The fourth-order valence-corrected chi connectivity index (χ4v) is 4.37. The molecule has 2 bridgehead atoms. The minimum absolute atomic E-state index is 0.0799. The lowest BCUT2D eigenvalue weighted by Crippen LogP contribution is -2.52. The maximum absolute atomic E-state index is 13.8. The van der Waals surface area contributed by atoms with Crippen molar-refractivity contribution in [2.45, 2.75) is 37.4 Å². The molecule has 0 saturated carbocycles. The number of nitrogens with two attached hydrogens (primary N) is 1. The Balaban J connectivity index is 1.30. The molecule has 3 atom stereocenters. The molecule has 170 valence electrons. The first-order valence-corrected chi connectivity index (χ1v) is 10.2. The van der Waals surface area contributed by atoms with Gasteiger partial charge in [-0.05, 0) is 48.7 Å². The lowest BCUT2D eigenvalue weighted by Gasteiger charge is -2.34. The average Bonchev–Trinajstić information content (AvgIpc) is 3.35. The molecule has 2 aromatic rings. The number of nitrogens with zero attached hydrogens (tertiary/aromatic N) is 2. The van der Waals surface area contributed by atoms with E-state index in [4.69, 9.17) is 5.73 Å². The largest absolute Gasteiger partial charge is 0.336 e.